The van der Waals surface area contributed by atoms with Crippen molar-refractivity contribution in [1.29, 1.82) is 0 Å². The van der Waals surface area contributed by atoms with Gasteiger partial charge >= 0.3 is 0 Å². The Kier molecular flexibility index (Phi) is 7.43. The summed E-state index contributed by atoms with van der Waals surface area (Å²) in [5, 5.41) is 6.70. The first kappa shape index (κ1) is 18.4. The average molecular weight is 358 g/mol. The molecule has 0 spiro atoms. The van der Waals surface area contributed by atoms with E-state index in [1.54, 1.807) is 0 Å². The SMILES string of the molecule is c1ccc2c(c1)NCCOCCNc1ccccc1OCCOCCO2. The molecule has 0 amide bonds. The van der Waals surface area contributed by atoms with Gasteiger partial charge in [0.05, 0.1) is 37.8 Å². The molecule has 1 heterocycles. The molecule has 0 aliphatic carbocycles. The van der Waals surface area contributed by atoms with E-state index in [1.807, 2.05) is 48.5 Å². The van der Waals surface area contributed by atoms with Crippen molar-refractivity contribution in [2.45, 2.75) is 0 Å². The molecule has 1 aliphatic heterocycles. The first-order valence-corrected chi connectivity index (χ1v) is 9.00. The molecular weight excluding hydrogens is 332 g/mol. The van der Waals surface area contributed by atoms with E-state index in [1.165, 1.54) is 0 Å². The second-order valence-corrected chi connectivity index (χ2v) is 5.77. The molecule has 0 unspecified atom stereocenters. The standard InChI is InChI=1S/C20H26N2O4/c1-3-7-19-17(5-1)21-9-11-23-12-10-22-18-6-2-4-8-20(18)26-16-14-24-13-15-25-19/h1-8,21-22H,9-16H2. The minimum atomic E-state index is 0.493. The zero-order valence-corrected chi connectivity index (χ0v) is 14.9. The van der Waals surface area contributed by atoms with E-state index in [0.29, 0.717) is 39.6 Å². The molecule has 1 aliphatic rings. The summed E-state index contributed by atoms with van der Waals surface area (Å²) in [7, 11) is 0. The lowest BCUT2D eigenvalue weighted by atomic mass is 10.3. The number of hydrogen-bond donors (Lipinski definition) is 2. The molecule has 2 N–H and O–H groups in total. The van der Waals surface area contributed by atoms with Crippen LogP contribution >= 0.6 is 0 Å². The minimum Gasteiger partial charge on any atom is -0.489 e. The van der Waals surface area contributed by atoms with E-state index in [0.717, 1.165) is 36.0 Å². The van der Waals surface area contributed by atoms with Crippen molar-refractivity contribution in [3.8, 4) is 11.5 Å². The highest BCUT2D eigenvalue weighted by atomic mass is 16.5. The fourth-order valence-electron chi connectivity index (χ4n) is 2.62. The maximum atomic E-state index is 5.81. The highest BCUT2D eigenvalue weighted by Gasteiger charge is 2.05. The number of fused-ring (bicyclic) bond motifs is 2. The third-order valence-electron chi connectivity index (χ3n) is 3.87. The van der Waals surface area contributed by atoms with Crippen molar-refractivity contribution in [1.82, 2.24) is 0 Å². The number of anilines is 2. The van der Waals surface area contributed by atoms with Gasteiger partial charge in [-0.1, -0.05) is 24.3 Å². The van der Waals surface area contributed by atoms with E-state index < -0.39 is 0 Å². The lowest BCUT2D eigenvalue weighted by molar-refractivity contribution is 0.0767. The summed E-state index contributed by atoms with van der Waals surface area (Å²) in [5.74, 6) is 1.65. The van der Waals surface area contributed by atoms with Gasteiger partial charge in [-0.15, -0.1) is 0 Å². The Hall–Kier alpha value is -2.44. The van der Waals surface area contributed by atoms with Crippen LogP contribution in [0.1, 0.15) is 0 Å². The molecule has 0 atom stereocenters. The van der Waals surface area contributed by atoms with Gasteiger partial charge in [0.25, 0.3) is 0 Å². The van der Waals surface area contributed by atoms with E-state index >= 15 is 0 Å². The summed E-state index contributed by atoms with van der Waals surface area (Å²) in [6, 6.07) is 15.8. The maximum Gasteiger partial charge on any atom is 0.142 e. The Morgan fingerprint density at radius 3 is 1.54 bits per heavy atom. The fraction of sp³-hybridized carbons (Fsp3) is 0.400. The molecule has 2 aromatic rings. The van der Waals surface area contributed by atoms with Crippen LogP contribution < -0.4 is 20.1 Å². The monoisotopic (exact) mass is 358 g/mol. The Labute approximate surface area is 154 Å². The molecule has 2 aromatic carbocycles. The molecule has 0 aromatic heterocycles. The van der Waals surface area contributed by atoms with Gasteiger partial charge in [0, 0.05) is 13.1 Å². The van der Waals surface area contributed by atoms with Crippen LogP contribution in [0, 0.1) is 0 Å². The summed E-state index contributed by atoms with van der Waals surface area (Å²) in [4.78, 5) is 0. The van der Waals surface area contributed by atoms with Gasteiger partial charge < -0.3 is 29.6 Å². The highest BCUT2D eigenvalue weighted by molar-refractivity contribution is 5.56. The van der Waals surface area contributed by atoms with Crippen molar-refractivity contribution in [3.63, 3.8) is 0 Å². The summed E-state index contributed by atoms with van der Waals surface area (Å²) in [6.07, 6.45) is 0. The van der Waals surface area contributed by atoms with Gasteiger partial charge in [-0.05, 0) is 24.3 Å². The molecule has 0 saturated carbocycles. The van der Waals surface area contributed by atoms with Gasteiger partial charge in [0.15, 0.2) is 0 Å². The number of para-hydroxylation sites is 4. The zero-order valence-electron chi connectivity index (χ0n) is 14.9. The quantitative estimate of drug-likeness (QED) is 0.755. The third kappa shape index (κ3) is 5.82. The first-order chi connectivity index (χ1) is 12.9. The minimum absolute atomic E-state index is 0.493. The van der Waals surface area contributed by atoms with Crippen molar-refractivity contribution in [2.75, 3.05) is 63.4 Å². The Balaban J connectivity index is 1.56. The van der Waals surface area contributed by atoms with Gasteiger partial charge in [-0.2, -0.15) is 0 Å². The van der Waals surface area contributed by atoms with Crippen LogP contribution in [-0.2, 0) is 9.47 Å². The van der Waals surface area contributed by atoms with Crippen LogP contribution in [0.15, 0.2) is 48.5 Å². The van der Waals surface area contributed by atoms with Gasteiger partial charge in [0.2, 0.25) is 0 Å². The molecule has 0 fully saturated rings. The van der Waals surface area contributed by atoms with Crippen molar-refractivity contribution in [3.05, 3.63) is 48.5 Å². The van der Waals surface area contributed by atoms with E-state index in [4.69, 9.17) is 18.9 Å². The third-order valence-corrected chi connectivity index (χ3v) is 3.87. The number of nitrogens with one attached hydrogen (secondary N) is 2. The van der Waals surface area contributed by atoms with Crippen molar-refractivity contribution >= 4 is 11.4 Å². The molecular formula is C20H26N2O4. The molecule has 6 nitrogen and oxygen atoms in total. The number of ether oxygens (including phenoxy) is 4. The van der Waals surface area contributed by atoms with Gasteiger partial charge in [0.1, 0.15) is 24.7 Å². The van der Waals surface area contributed by atoms with Crippen LogP contribution in [0.5, 0.6) is 11.5 Å². The fourth-order valence-corrected chi connectivity index (χ4v) is 2.62. The smallest absolute Gasteiger partial charge is 0.142 e. The molecule has 0 saturated heterocycles. The van der Waals surface area contributed by atoms with Gasteiger partial charge in [-0.25, -0.2) is 0 Å². The topological polar surface area (TPSA) is 61.0 Å². The van der Waals surface area contributed by atoms with Crippen LogP contribution in [0.4, 0.5) is 11.4 Å². The molecule has 3 rings (SSSR count). The first-order valence-electron chi connectivity index (χ1n) is 9.00. The summed E-state index contributed by atoms with van der Waals surface area (Å²) in [5.41, 5.74) is 1.93. The van der Waals surface area contributed by atoms with E-state index in [9.17, 15) is 0 Å². The second kappa shape index (κ2) is 10.5. The molecule has 26 heavy (non-hydrogen) atoms. The average Bonchev–Trinajstić information content (AvgIpc) is 2.68. The number of hydrogen-bond acceptors (Lipinski definition) is 6. The van der Waals surface area contributed by atoms with Crippen LogP contribution in [0.3, 0.4) is 0 Å². The molecule has 6 heteroatoms. The van der Waals surface area contributed by atoms with Crippen LogP contribution in [0.25, 0.3) is 0 Å². The number of benzene rings is 2. The lowest BCUT2D eigenvalue weighted by Gasteiger charge is -2.16. The predicted octanol–water partition coefficient (Wildman–Crippen LogP) is 3.02. The van der Waals surface area contributed by atoms with E-state index in [-0.39, 0.29) is 0 Å². The largest absolute Gasteiger partial charge is 0.489 e. The second-order valence-electron chi connectivity index (χ2n) is 5.77. The molecule has 0 bridgehead atoms. The van der Waals surface area contributed by atoms with Crippen molar-refractivity contribution in [2.24, 2.45) is 0 Å². The summed E-state index contributed by atoms with van der Waals surface area (Å²) in [6.45, 7) is 4.70. The maximum absolute atomic E-state index is 5.81. The summed E-state index contributed by atoms with van der Waals surface area (Å²) < 4.78 is 22.9. The lowest BCUT2D eigenvalue weighted by Crippen LogP contribution is -2.17. The molecule has 0 radical (unpaired) electrons. The Morgan fingerprint density at radius 2 is 1.00 bits per heavy atom. The number of rotatable bonds is 0. The predicted molar refractivity (Wildman–Crippen MR) is 102 cm³/mol. The van der Waals surface area contributed by atoms with Crippen LogP contribution in [0.2, 0.25) is 0 Å². The van der Waals surface area contributed by atoms with Gasteiger partial charge in [-0.3, -0.25) is 0 Å². The highest BCUT2D eigenvalue weighted by Crippen LogP contribution is 2.24. The molecule has 140 valence electrons. The van der Waals surface area contributed by atoms with E-state index in [2.05, 4.69) is 10.6 Å². The van der Waals surface area contributed by atoms with Crippen molar-refractivity contribution < 1.29 is 18.9 Å². The normalized spacial score (nSPS) is 16.9. The Bertz CT molecular complexity index is 554. The van der Waals surface area contributed by atoms with Crippen LogP contribution in [-0.4, -0.2) is 52.7 Å². The zero-order chi connectivity index (χ0) is 17.9. The summed E-state index contributed by atoms with van der Waals surface area (Å²) >= 11 is 0. The Morgan fingerprint density at radius 1 is 0.538 bits per heavy atom.